The van der Waals surface area contributed by atoms with Gasteiger partial charge in [-0.2, -0.15) is 0 Å². The first-order valence-electron chi connectivity index (χ1n) is 7.66. The third-order valence-electron chi connectivity index (χ3n) is 4.56. The zero-order valence-corrected chi connectivity index (χ0v) is 15.2. The average molecular weight is 389 g/mol. The van der Waals surface area contributed by atoms with E-state index < -0.39 is 5.72 Å². The maximum Gasteiger partial charge on any atom is 0.184 e. The molecule has 2 aliphatic rings. The molecule has 2 atom stereocenters. The average Bonchev–Trinajstić information content (AvgIpc) is 2.53. The first-order chi connectivity index (χ1) is 11.0. The maximum atomic E-state index is 6.38. The van der Waals surface area contributed by atoms with Crippen LogP contribution in [0.15, 0.2) is 53.0 Å². The molecule has 0 aromatic heterocycles. The van der Waals surface area contributed by atoms with Crippen molar-refractivity contribution in [1.29, 1.82) is 0 Å². The summed E-state index contributed by atoms with van der Waals surface area (Å²) in [5.41, 5.74) is 1.96. The van der Waals surface area contributed by atoms with Gasteiger partial charge in [0.2, 0.25) is 0 Å². The summed E-state index contributed by atoms with van der Waals surface area (Å²) in [7, 11) is 0. The predicted molar refractivity (Wildman–Crippen MR) is 98.3 cm³/mol. The Morgan fingerprint density at radius 1 is 1.30 bits per heavy atom. The Morgan fingerprint density at radius 2 is 2.09 bits per heavy atom. The molecule has 2 aliphatic heterocycles. The topological polar surface area (TPSA) is 24.5 Å². The van der Waals surface area contributed by atoms with Crippen molar-refractivity contribution >= 4 is 33.3 Å². The fourth-order valence-electron chi connectivity index (χ4n) is 3.39. The van der Waals surface area contributed by atoms with E-state index in [1.807, 2.05) is 18.2 Å². The molecule has 23 heavy (non-hydrogen) atoms. The van der Waals surface area contributed by atoms with Gasteiger partial charge in [0.15, 0.2) is 10.8 Å². The summed E-state index contributed by atoms with van der Waals surface area (Å²) in [6.07, 6.45) is 0.865. The molecule has 5 heteroatoms. The highest BCUT2D eigenvalue weighted by molar-refractivity contribution is 9.10. The number of thiocarbonyl (C=S) groups is 1. The molecule has 4 rings (SSSR count). The summed E-state index contributed by atoms with van der Waals surface area (Å²) >= 11 is 9.18. The van der Waals surface area contributed by atoms with Crippen molar-refractivity contribution in [3.05, 3.63) is 64.1 Å². The van der Waals surface area contributed by atoms with E-state index in [1.54, 1.807) is 0 Å². The van der Waals surface area contributed by atoms with Crippen molar-refractivity contribution in [3.63, 3.8) is 0 Å². The number of rotatable bonds is 2. The van der Waals surface area contributed by atoms with Crippen LogP contribution in [0, 0.1) is 0 Å². The molecule has 0 spiro atoms. The lowest BCUT2D eigenvalue weighted by Crippen LogP contribution is -2.64. The lowest BCUT2D eigenvalue weighted by atomic mass is 9.90. The third-order valence-corrected chi connectivity index (χ3v) is 5.39. The van der Waals surface area contributed by atoms with Crippen molar-refractivity contribution in [2.24, 2.45) is 0 Å². The quantitative estimate of drug-likeness (QED) is 0.771. The van der Waals surface area contributed by atoms with Crippen LogP contribution < -0.4 is 10.1 Å². The van der Waals surface area contributed by atoms with Crippen LogP contribution in [0.5, 0.6) is 5.75 Å². The third kappa shape index (κ3) is 2.62. The molecule has 118 valence electrons. The molecule has 0 radical (unpaired) electrons. The molecule has 3 nitrogen and oxygen atoms in total. The van der Waals surface area contributed by atoms with Crippen LogP contribution in [0.1, 0.15) is 30.5 Å². The SMILES string of the molecule is C[C@@]12C[C@@H](NC(=S)N1Cc1ccccc1)c1cc(Br)ccc1O2. The highest BCUT2D eigenvalue weighted by Crippen LogP contribution is 2.45. The van der Waals surface area contributed by atoms with Crippen LogP contribution in [-0.4, -0.2) is 15.7 Å². The molecule has 0 amide bonds. The molecule has 1 N–H and O–H groups in total. The van der Waals surface area contributed by atoms with Crippen LogP contribution in [0.2, 0.25) is 0 Å². The molecule has 2 heterocycles. The van der Waals surface area contributed by atoms with Gasteiger partial charge < -0.3 is 15.0 Å². The van der Waals surface area contributed by atoms with Gasteiger partial charge in [0.1, 0.15) is 5.75 Å². The molecule has 1 saturated heterocycles. The van der Waals surface area contributed by atoms with Crippen molar-refractivity contribution in [2.75, 3.05) is 0 Å². The molecular weight excluding hydrogens is 372 g/mol. The van der Waals surface area contributed by atoms with Crippen LogP contribution in [0.25, 0.3) is 0 Å². The molecule has 0 aliphatic carbocycles. The van der Waals surface area contributed by atoms with E-state index in [1.165, 1.54) is 11.1 Å². The summed E-state index contributed by atoms with van der Waals surface area (Å²) in [6, 6.07) is 16.7. The van der Waals surface area contributed by atoms with Gasteiger partial charge in [0, 0.05) is 23.0 Å². The van der Waals surface area contributed by atoms with E-state index in [9.17, 15) is 0 Å². The Hall–Kier alpha value is -1.59. The fourth-order valence-corrected chi connectivity index (χ4v) is 4.17. The van der Waals surface area contributed by atoms with Crippen molar-refractivity contribution in [3.8, 4) is 5.75 Å². The van der Waals surface area contributed by atoms with Crippen LogP contribution >= 0.6 is 28.1 Å². The van der Waals surface area contributed by atoms with Gasteiger partial charge in [-0.25, -0.2) is 0 Å². The van der Waals surface area contributed by atoms with Crippen molar-refractivity contribution in [2.45, 2.75) is 31.7 Å². The maximum absolute atomic E-state index is 6.38. The smallest absolute Gasteiger partial charge is 0.184 e. The lowest BCUT2D eigenvalue weighted by molar-refractivity contribution is -0.0722. The minimum absolute atomic E-state index is 0.195. The van der Waals surface area contributed by atoms with Gasteiger partial charge in [-0.05, 0) is 42.9 Å². The van der Waals surface area contributed by atoms with Gasteiger partial charge in [0.05, 0.1) is 6.04 Å². The summed E-state index contributed by atoms with van der Waals surface area (Å²) in [5.74, 6) is 0.931. The normalized spacial score (nSPS) is 25.4. The second kappa shape index (κ2) is 5.49. The lowest BCUT2D eigenvalue weighted by Gasteiger charge is -2.52. The van der Waals surface area contributed by atoms with Crippen molar-refractivity contribution in [1.82, 2.24) is 10.2 Å². The zero-order chi connectivity index (χ0) is 16.0. The van der Waals surface area contributed by atoms with E-state index in [4.69, 9.17) is 17.0 Å². The van der Waals surface area contributed by atoms with E-state index in [0.717, 1.165) is 28.3 Å². The van der Waals surface area contributed by atoms with Gasteiger partial charge in [-0.3, -0.25) is 0 Å². The van der Waals surface area contributed by atoms with E-state index in [-0.39, 0.29) is 6.04 Å². The molecule has 2 aromatic carbocycles. The monoisotopic (exact) mass is 388 g/mol. The zero-order valence-electron chi connectivity index (χ0n) is 12.8. The fraction of sp³-hybridized carbons (Fsp3) is 0.278. The molecule has 2 aromatic rings. The molecule has 0 unspecified atom stereocenters. The number of hydrogen-bond donors (Lipinski definition) is 1. The first kappa shape index (κ1) is 15.0. The van der Waals surface area contributed by atoms with Gasteiger partial charge in [-0.1, -0.05) is 46.3 Å². The van der Waals surface area contributed by atoms with Gasteiger partial charge >= 0.3 is 0 Å². The number of hydrogen-bond acceptors (Lipinski definition) is 2. The van der Waals surface area contributed by atoms with Crippen LogP contribution in [0.4, 0.5) is 0 Å². The van der Waals surface area contributed by atoms with E-state index in [0.29, 0.717) is 0 Å². The molecular formula is C18H17BrN2OS. The standard InChI is InChI=1S/C18H17BrN2OS/c1-18-10-15(14-9-13(19)7-8-16(14)22-18)20-17(23)21(18)11-12-5-3-2-4-6-12/h2-9,15H,10-11H2,1H3,(H,20,23)/t15-,18-/m1/s1. The van der Waals surface area contributed by atoms with Crippen molar-refractivity contribution < 1.29 is 4.74 Å². The highest BCUT2D eigenvalue weighted by atomic mass is 79.9. The second-order valence-corrected chi connectivity index (χ2v) is 7.54. The highest BCUT2D eigenvalue weighted by Gasteiger charge is 2.47. The molecule has 1 fully saturated rings. The Morgan fingerprint density at radius 3 is 2.87 bits per heavy atom. The Kier molecular flexibility index (Phi) is 3.58. The van der Waals surface area contributed by atoms with Crippen LogP contribution in [-0.2, 0) is 6.54 Å². The number of halogens is 1. The summed E-state index contributed by atoms with van der Waals surface area (Å²) in [5, 5.41) is 4.23. The molecule has 2 bridgehead atoms. The summed E-state index contributed by atoms with van der Waals surface area (Å²) < 4.78 is 7.44. The summed E-state index contributed by atoms with van der Waals surface area (Å²) in [4.78, 5) is 2.15. The largest absolute Gasteiger partial charge is 0.468 e. The number of benzene rings is 2. The Balaban J connectivity index is 1.69. The summed E-state index contributed by atoms with van der Waals surface area (Å²) in [6.45, 7) is 2.86. The van der Waals surface area contributed by atoms with Crippen LogP contribution in [0.3, 0.4) is 0 Å². The first-order valence-corrected chi connectivity index (χ1v) is 8.86. The number of fused-ring (bicyclic) bond motifs is 4. The van der Waals surface area contributed by atoms with Gasteiger partial charge in [-0.15, -0.1) is 0 Å². The number of nitrogens with zero attached hydrogens (tertiary/aromatic N) is 1. The Labute approximate surface area is 149 Å². The Bertz CT molecular complexity index is 767. The number of nitrogens with one attached hydrogen (secondary N) is 1. The van der Waals surface area contributed by atoms with E-state index in [2.05, 4.69) is 63.4 Å². The molecule has 0 saturated carbocycles. The van der Waals surface area contributed by atoms with Gasteiger partial charge in [0.25, 0.3) is 0 Å². The minimum atomic E-state index is -0.427. The van der Waals surface area contributed by atoms with E-state index >= 15 is 0 Å². The minimum Gasteiger partial charge on any atom is -0.468 e. The predicted octanol–water partition coefficient (Wildman–Crippen LogP) is 4.38. The second-order valence-electron chi connectivity index (χ2n) is 6.24. The number of ether oxygens (including phenoxy) is 1.